The van der Waals surface area contributed by atoms with Gasteiger partial charge in [-0.3, -0.25) is 9.78 Å². The van der Waals surface area contributed by atoms with Crippen molar-refractivity contribution in [2.24, 2.45) is 0 Å². The third-order valence-corrected chi connectivity index (χ3v) is 5.17. The number of amides is 1. The molecule has 3 heterocycles. The summed E-state index contributed by atoms with van der Waals surface area (Å²) in [6.45, 7) is 0.894. The Morgan fingerprint density at radius 1 is 1.16 bits per heavy atom. The topological polar surface area (TPSA) is 66.9 Å². The predicted octanol–water partition coefficient (Wildman–Crippen LogP) is 3.56. The van der Waals surface area contributed by atoms with Crippen molar-refractivity contribution in [3.8, 4) is 22.0 Å². The number of carbonyl (C=O) groups excluding carboxylic acids is 1. The molecule has 1 amide bonds. The van der Waals surface area contributed by atoms with Crippen molar-refractivity contribution in [2.75, 3.05) is 11.9 Å². The lowest BCUT2D eigenvalue weighted by molar-refractivity contribution is -0.117. The van der Waals surface area contributed by atoms with Gasteiger partial charge in [-0.15, -0.1) is 0 Å². The van der Waals surface area contributed by atoms with Crippen LogP contribution in [0.5, 0.6) is 0 Å². The molecular formula is C19H18N4OS. The zero-order chi connectivity index (χ0) is 17.1. The molecule has 3 aromatic rings. The minimum Gasteiger partial charge on any atom is -0.314 e. The molecule has 2 aromatic heterocycles. The van der Waals surface area contributed by atoms with Crippen LogP contribution in [0.2, 0.25) is 0 Å². The zero-order valence-corrected chi connectivity index (χ0v) is 14.4. The Morgan fingerprint density at radius 2 is 2.00 bits per heavy atom. The molecule has 0 bridgehead atoms. The van der Waals surface area contributed by atoms with E-state index in [-0.39, 0.29) is 11.9 Å². The molecule has 5 nitrogen and oxygen atoms in total. The van der Waals surface area contributed by atoms with E-state index in [1.807, 2.05) is 48.5 Å². The largest absolute Gasteiger partial charge is 0.314 e. The maximum atomic E-state index is 12.5. The van der Waals surface area contributed by atoms with Gasteiger partial charge in [0, 0.05) is 11.8 Å². The number of thiazole rings is 1. The lowest BCUT2D eigenvalue weighted by Crippen LogP contribution is -2.35. The van der Waals surface area contributed by atoms with Crippen molar-refractivity contribution in [1.82, 2.24) is 15.3 Å². The van der Waals surface area contributed by atoms with Crippen LogP contribution >= 0.6 is 11.3 Å². The van der Waals surface area contributed by atoms with Gasteiger partial charge in [-0.1, -0.05) is 47.7 Å². The van der Waals surface area contributed by atoms with E-state index < -0.39 is 0 Å². The Morgan fingerprint density at radius 3 is 2.72 bits per heavy atom. The number of anilines is 1. The molecule has 0 saturated carbocycles. The van der Waals surface area contributed by atoms with E-state index in [0.29, 0.717) is 0 Å². The molecule has 0 spiro atoms. The van der Waals surface area contributed by atoms with Gasteiger partial charge in [-0.05, 0) is 31.5 Å². The molecule has 1 saturated heterocycles. The molecule has 1 fully saturated rings. The highest BCUT2D eigenvalue weighted by Crippen LogP contribution is 2.37. The lowest BCUT2D eigenvalue weighted by Gasteiger charge is -2.10. The zero-order valence-electron chi connectivity index (χ0n) is 13.6. The number of hydrogen-bond donors (Lipinski definition) is 2. The van der Waals surface area contributed by atoms with Gasteiger partial charge in [-0.25, -0.2) is 4.98 Å². The smallest absolute Gasteiger partial charge is 0.242 e. The summed E-state index contributed by atoms with van der Waals surface area (Å²) in [7, 11) is 0. The highest BCUT2D eigenvalue weighted by Gasteiger charge is 2.24. The average molecular weight is 350 g/mol. The van der Waals surface area contributed by atoms with Crippen LogP contribution in [0.4, 0.5) is 5.00 Å². The van der Waals surface area contributed by atoms with Gasteiger partial charge < -0.3 is 10.6 Å². The van der Waals surface area contributed by atoms with Crippen molar-refractivity contribution >= 4 is 22.2 Å². The number of carbonyl (C=O) groups is 1. The first-order chi connectivity index (χ1) is 12.3. The van der Waals surface area contributed by atoms with Crippen LogP contribution in [0.3, 0.4) is 0 Å². The van der Waals surface area contributed by atoms with Crippen LogP contribution in [0.15, 0.2) is 54.7 Å². The summed E-state index contributed by atoms with van der Waals surface area (Å²) in [6, 6.07) is 15.5. The fourth-order valence-electron chi connectivity index (χ4n) is 2.90. The fourth-order valence-corrected chi connectivity index (χ4v) is 3.87. The molecule has 0 radical (unpaired) electrons. The van der Waals surface area contributed by atoms with Crippen LogP contribution < -0.4 is 10.6 Å². The molecule has 1 aliphatic rings. The van der Waals surface area contributed by atoms with Crippen LogP contribution in [0, 0.1) is 0 Å². The molecule has 4 rings (SSSR count). The molecular weight excluding hydrogens is 332 g/mol. The normalized spacial score (nSPS) is 16.7. The third kappa shape index (κ3) is 3.45. The second-order valence-electron chi connectivity index (χ2n) is 5.92. The first-order valence-corrected chi connectivity index (χ1v) is 9.15. The fraction of sp³-hybridized carbons (Fsp3) is 0.211. The lowest BCUT2D eigenvalue weighted by atomic mass is 10.1. The monoisotopic (exact) mass is 350 g/mol. The second kappa shape index (κ2) is 7.13. The Hall–Kier alpha value is -2.57. The Bertz CT molecular complexity index is 858. The van der Waals surface area contributed by atoms with E-state index in [0.717, 1.165) is 46.3 Å². The molecule has 0 unspecified atom stereocenters. The highest BCUT2D eigenvalue weighted by molar-refractivity contribution is 7.19. The van der Waals surface area contributed by atoms with E-state index in [2.05, 4.69) is 15.6 Å². The van der Waals surface area contributed by atoms with Gasteiger partial charge in [0.25, 0.3) is 0 Å². The summed E-state index contributed by atoms with van der Waals surface area (Å²) in [5.74, 6) is 0.00546. The number of aromatic nitrogens is 2. The van der Waals surface area contributed by atoms with E-state index >= 15 is 0 Å². The summed E-state index contributed by atoms with van der Waals surface area (Å²) in [6.07, 6.45) is 3.66. The quantitative estimate of drug-likeness (QED) is 0.755. The molecule has 1 atom stereocenters. The summed E-state index contributed by atoms with van der Waals surface area (Å²) in [5.41, 5.74) is 2.58. The van der Waals surface area contributed by atoms with E-state index in [4.69, 9.17) is 4.98 Å². The summed E-state index contributed by atoms with van der Waals surface area (Å²) >= 11 is 1.46. The molecule has 2 N–H and O–H groups in total. The van der Waals surface area contributed by atoms with Crippen LogP contribution in [-0.2, 0) is 4.79 Å². The minimum atomic E-state index is -0.121. The summed E-state index contributed by atoms with van der Waals surface area (Å²) in [5, 5.41) is 7.87. The SMILES string of the molecule is O=C(Nc1sc(-c2ccccn2)nc1-c1ccccc1)[C@@H]1CCCN1. The molecule has 25 heavy (non-hydrogen) atoms. The van der Waals surface area contributed by atoms with Gasteiger partial charge in [-0.2, -0.15) is 0 Å². The van der Waals surface area contributed by atoms with Crippen molar-refractivity contribution < 1.29 is 4.79 Å². The first kappa shape index (κ1) is 15.9. The van der Waals surface area contributed by atoms with Gasteiger partial charge in [0.2, 0.25) is 5.91 Å². The number of nitrogens with one attached hydrogen (secondary N) is 2. The maximum absolute atomic E-state index is 12.5. The predicted molar refractivity (Wildman–Crippen MR) is 100 cm³/mol. The number of hydrogen-bond acceptors (Lipinski definition) is 5. The van der Waals surface area contributed by atoms with E-state index in [9.17, 15) is 4.79 Å². The summed E-state index contributed by atoms with van der Waals surface area (Å²) in [4.78, 5) is 21.7. The number of benzene rings is 1. The number of nitrogens with zero attached hydrogens (tertiary/aromatic N) is 2. The molecule has 1 aliphatic heterocycles. The van der Waals surface area contributed by atoms with Crippen molar-refractivity contribution in [3.05, 3.63) is 54.7 Å². The third-order valence-electron chi connectivity index (χ3n) is 4.17. The standard InChI is InChI=1S/C19H18N4OS/c24-17(14-10-6-12-20-14)23-19-16(13-7-2-1-3-8-13)22-18(25-19)15-9-4-5-11-21-15/h1-5,7-9,11,14,20H,6,10,12H2,(H,23,24)/t14-/m0/s1. The first-order valence-electron chi connectivity index (χ1n) is 8.33. The van der Waals surface area contributed by atoms with Crippen LogP contribution in [0.1, 0.15) is 12.8 Å². The van der Waals surface area contributed by atoms with Crippen molar-refractivity contribution in [3.63, 3.8) is 0 Å². The highest BCUT2D eigenvalue weighted by atomic mass is 32.1. The molecule has 6 heteroatoms. The van der Waals surface area contributed by atoms with Gasteiger partial charge in [0.1, 0.15) is 15.7 Å². The summed E-state index contributed by atoms with van der Waals surface area (Å²) < 4.78 is 0. The van der Waals surface area contributed by atoms with Crippen LogP contribution in [-0.4, -0.2) is 28.5 Å². The Balaban J connectivity index is 1.70. The van der Waals surface area contributed by atoms with Gasteiger partial charge in [0.15, 0.2) is 0 Å². The molecule has 126 valence electrons. The van der Waals surface area contributed by atoms with Crippen molar-refractivity contribution in [1.29, 1.82) is 0 Å². The Kier molecular flexibility index (Phi) is 4.54. The van der Waals surface area contributed by atoms with E-state index in [1.165, 1.54) is 11.3 Å². The average Bonchev–Trinajstić information content (AvgIpc) is 3.33. The van der Waals surface area contributed by atoms with E-state index in [1.54, 1.807) is 6.20 Å². The molecule has 1 aromatic carbocycles. The number of rotatable bonds is 4. The van der Waals surface area contributed by atoms with Gasteiger partial charge >= 0.3 is 0 Å². The molecule has 0 aliphatic carbocycles. The van der Waals surface area contributed by atoms with Crippen molar-refractivity contribution in [2.45, 2.75) is 18.9 Å². The second-order valence-corrected chi connectivity index (χ2v) is 6.92. The Labute approximate surface area is 150 Å². The minimum absolute atomic E-state index is 0.00546. The maximum Gasteiger partial charge on any atom is 0.242 e. The number of pyridine rings is 1. The van der Waals surface area contributed by atoms with Gasteiger partial charge in [0.05, 0.1) is 11.7 Å². The van der Waals surface area contributed by atoms with Crippen LogP contribution in [0.25, 0.3) is 22.0 Å².